The standard InChI is InChI=1S/C32H41N3O8S/c1-4-13-35(14-5-2)24-9-8-21-16-23(7-6-22(21)17-24)26-11-10-25(42-26)20(3)29(18-33)44(40,41)34-30-27(12-15-36)43-28(19-37)31(38)32(30)39/h6-11,16-17,27-28,30-32,34,36-39H,4-5,12-15,19H2,1-3H3/b29-20+/t27?,28-,30?,31-,32-/m1/s1. The van der Waals surface area contributed by atoms with Gasteiger partial charge in [0, 0.05) is 36.5 Å². The number of anilines is 1. The molecule has 1 fully saturated rings. The summed E-state index contributed by atoms with van der Waals surface area (Å²) < 4.78 is 40.6. The molecular formula is C32H41N3O8S. The van der Waals surface area contributed by atoms with Crippen molar-refractivity contribution in [2.45, 2.75) is 70.5 Å². The summed E-state index contributed by atoms with van der Waals surface area (Å²) in [6.45, 7) is 6.73. The molecular weight excluding hydrogens is 586 g/mol. The summed E-state index contributed by atoms with van der Waals surface area (Å²) in [6.07, 6.45) is -3.43. The molecule has 2 unspecified atom stereocenters. The summed E-state index contributed by atoms with van der Waals surface area (Å²) in [4.78, 5) is 1.74. The predicted molar refractivity (Wildman–Crippen MR) is 168 cm³/mol. The average molecular weight is 628 g/mol. The van der Waals surface area contributed by atoms with Gasteiger partial charge in [0.15, 0.2) is 4.91 Å². The quantitative estimate of drug-likeness (QED) is 0.177. The summed E-state index contributed by atoms with van der Waals surface area (Å²) >= 11 is 0. The van der Waals surface area contributed by atoms with Crippen molar-refractivity contribution in [2.75, 3.05) is 31.2 Å². The van der Waals surface area contributed by atoms with Gasteiger partial charge in [0.05, 0.1) is 18.8 Å². The monoisotopic (exact) mass is 627 g/mol. The normalized spacial score (nSPS) is 22.9. The molecule has 44 heavy (non-hydrogen) atoms. The topological polar surface area (TPSA) is 176 Å². The summed E-state index contributed by atoms with van der Waals surface area (Å²) in [5.41, 5.74) is 2.00. The van der Waals surface area contributed by atoms with Crippen LogP contribution in [0.15, 0.2) is 57.9 Å². The first-order valence-electron chi connectivity index (χ1n) is 14.8. The SMILES string of the molecule is CCCN(CCC)c1ccc2cc(-c3ccc(/C(C)=C(\C#N)S(=O)(=O)NC4C(CCO)O[C@H](CO)[C@@H](O)[C@@H]4O)o3)ccc2c1. The van der Waals surface area contributed by atoms with Gasteiger partial charge in [0.1, 0.15) is 35.9 Å². The molecule has 1 aliphatic rings. The molecule has 12 heteroatoms. The van der Waals surface area contributed by atoms with Gasteiger partial charge < -0.3 is 34.5 Å². The Hall–Kier alpha value is -3.28. The Balaban J connectivity index is 1.60. The van der Waals surface area contributed by atoms with Crippen LogP contribution in [0, 0.1) is 11.3 Å². The number of allylic oxidation sites excluding steroid dienone is 2. The van der Waals surface area contributed by atoms with Crippen LogP contribution in [0.2, 0.25) is 0 Å². The molecule has 238 valence electrons. The fourth-order valence-corrected chi connectivity index (χ4v) is 6.99. The van der Waals surface area contributed by atoms with Crippen LogP contribution >= 0.6 is 0 Å². The van der Waals surface area contributed by atoms with E-state index in [1.807, 2.05) is 18.2 Å². The lowest BCUT2D eigenvalue weighted by Crippen LogP contribution is -2.64. The van der Waals surface area contributed by atoms with E-state index >= 15 is 0 Å². The van der Waals surface area contributed by atoms with Crippen LogP contribution in [0.4, 0.5) is 5.69 Å². The van der Waals surface area contributed by atoms with Crippen molar-refractivity contribution in [1.82, 2.24) is 4.72 Å². The number of benzene rings is 2. The van der Waals surface area contributed by atoms with E-state index in [4.69, 9.17) is 9.15 Å². The third-order valence-electron chi connectivity index (χ3n) is 7.88. The van der Waals surface area contributed by atoms with Gasteiger partial charge in [-0.25, -0.2) is 13.1 Å². The first-order chi connectivity index (χ1) is 21.1. The van der Waals surface area contributed by atoms with E-state index in [0.29, 0.717) is 5.76 Å². The summed E-state index contributed by atoms with van der Waals surface area (Å²) in [5.74, 6) is 0.656. The number of ether oxygens (including phenoxy) is 1. The third kappa shape index (κ3) is 7.16. The Morgan fingerprint density at radius 3 is 2.30 bits per heavy atom. The lowest BCUT2D eigenvalue weighted by atomic mass is 9.92. The number of nitriles is 1. The molecule has 0 bridgehead atoms. The molecule has 3 aromatic rings. The average Bonchev–Trinajstić information content (AvgIpc) is 3.51. The molecule has 2 aromatic carbocycles. The van der Waals surface area contributed by atoms with Crippen LogP contribution in [0.25, 0.3) is 27.7 Å². The minimum Gasteiger partial charge on any atom is -0.456 e. The van der Waals surface area contributed by atoms with Gasteiger partial charge in [0.2, 0.25) is 0 Å². The second kappa shape index (κ2) is 14.7. The van der Waals surface area contributed by atoms with E-state index in [1.54, 1.807) is 18.2 Å². The Morgan fingerprint density at radius 1 is 0.977 bits per heavy atom. The second-order valence-electron chi connectivity index (χ2n) is 11.0. The first kappa shape index (κ1) is 33.6. The van der Waals surface area contributed by atoms with Crippen molar-refractivity contribution in [3.63, 3.8) is 0 Å². The number of aliphatic hydroxyl groups is 4. The van der Waals surface area contributed by atoms with Crippen molar-refractivity contribution in [2.24, 2.45) is 0 Å². The maximum atomic E-state index is 13.4. The van der Waals surface area contributed by atoms with Crippen LogP contribution in [0.1, 0.15) is 45.8 Å². The molecule has 2 heterocycles. The molecule has 11 nitrogen and oxygen atoms in total. The summed E-state index contributed by atoms with van der Waals surface area (Å²) in [5, 5.41) is 51.8. The van der Waals surface area contributed by atoms with Crippen LogP contribution in [-0.2, 0) is 14.8 Å². The van der Waals surface area contributed by atoms with E-state index < -0.39 is 58.6 Å². The van der Waals surface area contributed by atoms with Gasteiger partial charge in [-0.3, -0.25) is 0 Å². The van der Waals surface area contributed by atoms with Gasteiger partial charge in [-0.15, -0.1) is 0 Å². The molecule has 1 saturated heterocycles. The summed E-state index contributed by atoms with van der Waals surface area (Å²) in [7, 11) is -4.55. The molecule has 5 N–H and O–H groups in total. The number of sulfonamides is 1. The largest absolute Gasteiger partial charge is 0.456 e. The zero-order valence-corrected chi connectivity index (χ0v) is 26.0. The fraction of sp³-hybridized carbons (Fsp3) is 0.469. The Bertz CT molecular complexity index is 1610. The molecule has 0 spiro atoms. The minimum absolute atomic E-state index is 0.0438. The Labute approximate surface area is 258 Å². The number of nitrogens with one attached hydrogen (secondary N) is 1. The van der Waals surface area contributed by atoms with Gasteiger partial charge in [-0.1, -0.05) is 32.0 Å². The van der Waals surface area contributed by atoms with Crippen molar-refractivity contribution in [1.29, 1.82) is 5.26 Å². The maximum Gasteiger partial charge on any atom is 0.251 e. The predicted octanol–water partition coefficient (Wildman–Crippen LogP) is 3.13. The maximum absolute atomic E-state index is 13.4. The second-order valence-corrected chi connectivity index (χ2v) is 12.7. The molecule has 5 atom stereocenters. The van der Waals surface area contributed by atoms with Crippen LogP contribution in [-0.4, -0.2) is 85.6 Å². The van der Waals surface area contributed by atoms with Crippen molar-refractivity contribution in [3.05, 3.63) is 59.2 Å². The molecule has 0 amide bonds. The van der Waals surface area contributed by atoms with Gasteiger partial charge >= 0.3 is 0 Å². The van der Waals surface area contributed by atoms with Crippen molar-refractivity contribution < 1.29 is 38.0 Å². The zero-order valence-electron chi connectivity index (χ0n) is 25.2. The molecule has 4 rings (SSSR count). The molecule has 0 aliphatic carbocycles. The number of fused-ring (bicyclic) bond motifs is 1. The number of rotatable bonds is 13. The highest BCUT2D eigenvalue weighted by Gasteiger charge is 2.46. The van der Waals surface area contributed by atoms with Crippen molar-refractivity contribution in [3.8, 4) is 17.4 Å². The van der Waals surface area contributed by atoms with Gasteiger partial charge in [-0.2, -0.15) is 5.26 Å². The Kier molecular flexibility index (Phi) is 11.2. The van der Waals surface area contributed by atoms with Crippen LogP contribution in [0.5, 0.6) is 0 Å². The molecule has 1 aromatic heterocycles. The van der Waals surface area contributed by atoms with E-state index in [9.17, 15) is 34.1 Å². The van der Waals surface area contributed by atoms with Crippen LogP contribution < -0.4 is 9.62 Å². The lowest BCUT2D eigenvalue weighted by molar-refractivity contribution is -0.194. The van der Waals surface area contributed by atoms with E-state index in [1.165, 1.54) is 12.6 Å². The van der Waals surface area contributed by atoms with E-state index in [-0.39, 0.29) is 17.8 Å². The van der Waals surface area contributed by atoms with E-state index in [2.05, 4.69) is 41.7 Å². The highest BCUT2D eigenvalue weighted by atomic mass is 32.2. The minimum atomic E-state index is -4.55. The summed E-state index contributed by atoms with van der Waals surface area (Å²) in [6, 6.07) is 15.9. The molecule has 0 radical (unpaired) electrons. The molecule has 0 saturated carbocycles. The van der Waals surface area contributed by atoms with Crippen molar-refractivity contribution >= 4 is 32.1 Å². The zero-order chi connectivity index (χ0) is 32.0. The Morgan fingerprint density at radius 2 is 1.66 bits per heavy atom. The first-order valence-corrected chi connectivity index (χ1v) is 16.3. The number of furan rings is 1. The van der Waals surface area contributed by atoms with Crippen LogP contribution in [0.3, 0.4) is 0 Å². The highest BCUT2D eigenvalue weighted by molar-refractivity contribution is 7.93. The van der Waals surface area contributed by atoms with Gasteiger partial charge in [-0.05, 0) is 67.3 Å². The smallest absolute Gasteiger partial charge is 0.251 e. The number of aliphatic hydroxyl groups excluding tert-OH is 4. The van der Waals surface area contributed by atoms with Gasteiger partial charge in [0.25, 0.3) is 10.0 Å². The number of hydrogen-bond donors (Lipinski definition) is 5. The number of hydrogen-bond acceptors (Lipinski definition) is 10. The highest BCUT2D eigenvalue weighted by Crippen LogP contribution is 2.32. The lowest BCUT2D eigenvalue weighted by Gasteiger charge is -2.42. The third-order valence-corrected chi connectivity index (χ3v) is 9.40. The molecule has 1 aliphatic heterocycles. The number of nitrogens with zero attached hydrogens (tertiary/aromatic N) is 2. The van der Waals surface area contributed by atoms with E-state index in [0.717, 1.165) is 42.3 Å². The fourth-order valence-electron chi connectivity index (χ4n) is 5.60.